The summed E-state index contributed by atoms with van der Waals surface area (Å²) in [5.74, 6) is -0.637. The normalized spacial score (nSPS) is 11.6. The lowest BCUT2D eigenvalue weighted by Gasteiger charge is -2.11. The zero-order valence-electron chi connectivity index (χ0n) is 16.2. The van der Waals surface area contributed by atoms with E-state index in [0.29, 0.717) is 5.92 Å². The van der Waals surface area contributed by atoms with E-state index in [1.165, 1.54) is 18.2 Å². The van der Waals surface area contributed by atoms with Crippen molar-refractivity contribution in [1.29, 1.82) is 0 Å². The first-order valence-corrected chi connectivity index (χ1v) is 10.7. The van der Waals surface area contributed by atoms with Crippen molar-refractivity contribution in [2.24, 2.45) is 5.92 Å². The first kappa shape index (κ1) is 20.6. The summed E-state index contributed by atoms with van der Waals surface area (Å²) in [6, 6.07) is 12.4. The molecule has 0 bridgehead atoms. The summed E-state index contributed by atoms with van der Waals surface area (Å²) in [5, 5.41) is 13.6. The highest BCUT2D eigenvalue weighted by Gasteiger charge is 2.19. The molecule has 0 atom stereocenters. The van der Waals surface area contributed by atoms with Crippen LogP contribution in [0.2, 0.25) is 0 Å². The standard InChI is InChI=1S/C21H23N3O4S/c1-15(2)10-11-24-14-17(13-22-24)16-6-5-7-18(12-16)29(27,28)23-20-9-4-3-8-19(20)21(25)26/h3-9,12-15,23H,10-11H2,1-2H3,(H,25,26). The quantitative estimate of drug-likeness (QED) is 0.579. The molecule has 7 nitrogen and oxygen atoms in total. The van der Waals surface area contributed by atoms with Gasteiger partial charge in [-0.05, 0) is 42.2 Å². The van der Waals surface area contributed by atoms with Gasteiger partial charge >= 0.3 is 5.97 Å². The van der Waals surface area contributed by atoms with Crippen molar-refractivity contribution < 1.29 is 18.3 Å². The average Bonchev–Trinajstić information content (AvgIpc) is 3.15. The molecule has 3 aromatic rings. The molecule has 152 valence electrons. The summed E-state index contributed by atoms with van der Waals surface area (Å²) in [6.07, 6.45) is 4.60. The van der Waals surface area contributed by atoms with Gasteiger partial charge in [-0.3, -0.25) is 9.40 Å². The van der Waals surface area contributed by atoms with Gasteiger partial charge in [0.1, 0.15) is 0 Å². The SMILES string of the molecule is CC(C)CCn1cc(-c2cccc(S(=O)(=O)Nc3ccccc3C(=O)O)c2)cn1. The molecule has 3 rings (SSSR count). The average molecular weight is 413 g/mol. The lowest BCUT2D eigenvalue weighted by Crippen LogP contribution is -2.15. The van der Waals surface area contributed by atoms with E-state index in [2.05, 4.69) is 23.7 Å². The third kappa shape index (κ3) is 5.03. The van der Waals surface area contributed by atoms with E-state index in [9.17, 15) is 18.3 Å². The van der Waals surface area contributed by atoms with Gasteiger partial charge in [0.05, 0.1) is 22.3 Å². The van der Waals surface area contributed by atoms with Crippen molar-refractivity contribution in [3.05, 3.63) is 66.5 Å². The number of rotatable bonds is 8. The summed E-state index contributed by atoms with van der Waals surface area (Å²) in [6.45, 7) is 5.09. The summed E-state index contributed by atoms with van der Waals surface area (Å²) in [5.41, 5.74) is 1.44. The molecule has 0 aliphatic rings. The van der Waals surface area contributed by atoms with Crippen molar-refractivity contribution in [2.75, 3.05) is 4.72 Å². The summed E-state index contributed by atoms with van der Waals surface area (Å²) < 4.78 is 29.9. The van der Waals surface area contributed by atoms with Crippen LogP contribution < -0.4 is 4.72 Å². The Hall–Kier alpha value is -3.13. The fourth-order valence-corrected chi connectivity index (χ4v) is 3.96. The van der Waals surface area contributed by atoms with Gasteiger partial charge in [0, 0.05) is 18.3 Å². The van der Waals surface area contributed by atoms with Crippen LogP contribution in [0.25, 0.3) is 11.1 Å². The van der Waals surface area contributed by atoms with Gasteiger partial charge in [-0.15, -0.1) is 0 Å². The van der Waals surface area contributed by atoms with Crippen molar-refractivity contribution in [1.82, 2.24) is 9.78 Å². The molecule has 2 N–H and O–H groups in total. The Morgan fingerprint density at radius 1 is 1.14 bits per heavy atom. The van der Waals surface area contributed by atoms with Crippen LogP contribution in [0.15, 0.2) is 65.8 Å². The third-order valence-electron chi connectivity index (χ3n) is 4.45. The maximum Gasteiger partial charge on any atom is 0.337 e. The maximum absolute atomic E-state index is 12.8. The molecular formula is C21H23N3O4S. The number of carboxylic acids is 1. The number of carboxylic acid groups (broad SMARTS) is 1. The fourth-order valence-electron chi connectivity index (χ4n) is 2.83. The van der Waals surface area contributed by atoms with Gasteiger partial charge in [0.15, 0.2) is 0 Å². The predicted octanol–water partition coefficient (Wildman–Crippen LogP) is 4.10. The Balaban J connectivity index is 1.86. The second kappa shape index (κ2) is 8.48. The number of anilines is 1. The summed E-state index contributed by atoms with van der Waals surface area (Å²) >= 11 is 0. The van der Waals surface area contributed by atoms with Gasteiger partial charge in [-0.1, -0.05) is 38.1 Å². The molecule has 29 heavy (non-hydrogen) atoms. The fraction of sp³-hybridized carbons (Fsp3) is 0.238. The highest BCUT2D eigenvalue weighted by molar-refractivity contribution is 7.92. The smallest absolute Gasteiger partial charge is 0.337 e. The highest BCUT2D eigenvalue weighted by Crippen LogP contribution is 2.25. The van der Waals surface area contributed by atoms with E-state index in [1.54, 1.807) is 30.5 Å². The van der Waals surface area contributed by atoms with E-state index >= 15 is 0 Å². The van der Waals surface area contributed by atoms with Gasteiger partial charge in [-0.2, -0.15) is 5.10 Å². The minimum absolute atomic E-state index is 0.0203. The number of hydrogen-bond donors (Lipinski definition) is 2. The van der Waals surface area contributed by atoms with E-state index in [1.807, 2.05) is 16.9 Å². The van der Waals surface area contributed by atoms with Crippen molar-refractivity contribution in [3.8, 4) is 11.1 Å². The molecule has 0 fully saturated rings. The number of nitrogens with one attached hydrogen (secondary N) is 1. The largest absolute Gasteiger partial charge is 0.478 e. The molecule has 0 saturated carbocycles. The molecule has 0 unspecified atom stereocenters. The first-order valence-electron chi connectivity index (χ1n) is 9.24. The van der Waals surface area contributed by atoms with Crippen LogP contribution in [0.4, 0.5) is 5.69 Å². The molecule has 0 saturated heterocycles. The number of hydrogen-bond acceptors (Lipinski definition) is 4. The van der Waals surface area contributed by atoms with Crippen molar-refractivity contribution in [2.45, 2.75) is 31.7 Å². The van der Waals surface area contributed by atoms with Crippen LogP contribution in [0.1, 0.15) is 30.6 Å². The molecule has 1 heterocycles. The van der Waals surface area contributed by atoms with Gasteiger partial charge in [-0.25, -0.2) is 13.2 Å². The Morgan fingerprint density at radius 3 is 2.62 bits per heavy atom. The first-order chi connectivity index (χ1) is 13.8. The molecule has 0 aliphatic heterocycles. The van der Waals surface area contributed by atoms with Crippen molar-refractivity contribution in [3.63, 3.8) is 0 Å². The number of benzene rings is 2. The Bertz CT molecular complexity index is 1120. The molecular weight excluding hydrogens is 390 g/mol. The third-order valence-corrected chi connectivity index (χ3v) is 5.81. The molecule has 2 aromatic carbocycles. The second-order valence-electron chi connectivity index (χ2n) is 7.16. The van der Waals surface area contributed by atoms with Crippen LogP contribution in [0, 0.1) is 5.92 Å². The number of aryl methyl sites for hydroxylation is 1. The lowest BCUT2D eigenvalue weighted by atomic mass is 10.1. The number of nitrogens with zero attached hydrogens (tertiary/aromatic N) is 2. The molecule has 1 aromatic heterocycles. The monoisotopic (exact) mass is 413 g/mol. The second-order valence-corrected chi connectivity index (χ2v) is 8.84. The number of aromatic carboxylic acids is 1. The molecule has 0 amide bonds. The number of carbonyl (C=O) groups is 1. The van der Waals surface area contributed by atoms with E-state index in [0.717, 1.165) is 24.1 Å². The number of para-hydroxylation sites is 1. The van der Waals surface area contributed by atoms with Gasteiger partial charge < -0.3 is 5.11 Å². The molecule has 0 spiro atoms. The zero-order valence-corrected chi connectivity index (χ0v) is 17.1. The van der Waals surface area contributed by atoms with Crippen LogP contribution in [0.5, 0.6) is 0 Å². The van der Waals surface area contributed by atoms with E-state index in [-0.39, 0.29) is 16.1 Å². The molecule has 8 heteroatoms. The van der Waals surface area contributed by atoms with Crippen LogP contribution in [-0.4, -0.2) is 29.3 Å². The predicted molar refractivity (Wildman–Crippen MR) is 111 cm³/mol. The Labute approximate surface area is 170 Å². The van der Waals surface area contributed by atoms with Crippen LogP contribution >= 0.6 is 0 Å². The minimum Gasteiger partial charge on any atom is -0.478 e. The topological polar surface area (TPSA) is 101 Å². The highest BCUT2D eigenvalue weighted by atomic mass is 32.2. The molecule has 0 aliphatic carbocycles. The van der Waals surface area contributed by atoms with Crippen molar-refractivity contribution >= 4 is 21.7 Å². The van der Waals surface area contributed by atoms with Crippen LogP contribution in [-0.2, 0) is 16.6 Å². The Morgan fingerprint density at radius 2 is 1.90 bits per heavy atom. The maximum atomic E-state index is 12.8. The number of sulfonamides is 1. The number of aromatic nitrogens is 2. The van der Waals surface area contributed by atoms with E-state index in [4.69, 9.17) is 0 Å². The van der Waals surface area contributed by atoms with Gasteiger partial charge in [0.25, 0.3) is 10.0 Å². The molecule has 0 radical (unpaired) electrons. The van der Waals surface area contributed by atoms with E-state index < -0.39 is 16.0 Å². The minimum atomic E-state index is -3.96. The summed E-state index contributed by atoms with van der Waals surface area (Å²) in [7, 11) is -3.96. The van der Waals surface area contributed by atoms with Crippen LogP contribution in [0.3, 0.4) is 0 Å². The summed E-state index contributed by atoms with van der Waals surface area (Å²) in [4.78, 5) is 11.4. The Kier molecular flexibility index (Phi) is 6.03. The zero-order chi connectivity index (χ0) is 21.0. The lowest BCUT2D eigenvalue weighted by molar-refractivity contribution is 0.0698. The van der Waals surface area contributed by atoms with Gasteiger partial charge in [0.2, 0.25) is 0 Å².